The van der Waals surface area contributed by atoms with E-state index in [-0.39, 0.29) is 39.8 Å². The molecule has 3 aromatic rings. The molecular weight excluding hydrogens is 514 g/mol. The van der Waals surface area contributed by atoms with Gasteiger partial charge in [-0.3, -0.25) is 9.59 Å². The van der Waals surface area contributed by atoms with Gasteiger partial charge in [0.05, 0.1) is 22.3 Å². The second kappa shape index (κ2) is 12.2. The Bertz CT molecular complexity index is 1320. The standard InChI is InChI=1S/C25H31N5O5S2/c1-7-30-18(11-34-17-10-8-9-14(4)15(17)5)28-29-25(30)36-12-19(31)27-23-20(24(33)35-13(2)3)16(6)21(37-23)22(26)32/h8-10,13H,7,11-12H2,1-6H3,(H2,26,32)(H,27,31). The molecule has 3 rings (SSSR count). The van der Waals surface area contributed by atoms with Crippen LogP contribution in [-0.2, 0) is 22.7 Å². The molecule has 10 nitrogen and oxygen atoms in total. The van der Waals surface area contributed by atoms with Crippen LogP contribution in [0.5, 0.6) is 5.75 Å². The number of aryl methyl sites for hydroxylation is 1. The predicted octanol–water partition coefficient (Wildman–Crippen LogP) is 4.26. The molecule has 2 heterocycles. The number of thiophene rings is 1. The normalized spacial score (nSPS) is 11.0. The topological polar surface area (TPSA) is 138 Å². The molecule has 0 radical (unpaired) electrons. The smallest absolute Gasteiger partial charge is 0.341 e. The van der Waals surface area contributed by atoms with Gasteiger partial charge in [0.1, 0.15) is 17.4 Å². The molecule has 0 saturated heterocycles. The van der Waals surface area contributed by atoms with Crippen molar-refractivity contribution in [3.63, 3.8) is 0 Å². The van der Waals surface area contributed by atoms with E-state index in [0.717, 1.165) is 28.2 Å². The maximum Gasteiger partial charge on any atom is 0.341 e. The van der Waals surface area contributed by atoms with Gasteiger partial charge >= 0.3 is 5.97 Å². The Labute approximate surface area is 223 Å². The molecule has 2 aromatic heterocycles. The molecule has 12 heteroatoms. The highest BCUT2D eigenvalue weighted by Gasteiger charge is 2.26. The van der Waals surface area contributed by atoms with E-state index >= 15 is 0 Å². The zero-order valence-electron chi connectivity index (χ0n) is 21.7. The summed E-state index contributed by atoms with van der Waals surface area (Å²) >= 11 is 2.16. The summed E-state index contributed by atoms with van der Waals surface area (Å²) in [5, 5.41) is 12.0. The monoisotopic (exact) mass is 545 g/mol. The van der Waals surface area contributed by atoms with Crippen molar-refractivity contribution in [1.29, 1.82) is 0 Å². The SMILES string of the molecule is CCn1c(COc2cccc(C)c2C)nnc1SCC(=O)Nc1sc(C(N)=O)c(C)c1C(=O)OC(C)C. The molecule has 198 valence electrons. The van der Waals surface area contributed by atoms with Gasteiger partial charge in [0.2, 0.25) is 5.91 Å². The lowest BCUT2D eigenvalue weighted by Crippen LogP contribution is -2.18. The van der Waals surface area contributed by atoms with Crippen molar-refractivity contribution in [2.24, 2.45) is 5.73 Å². The number of amides is 2. The minimum absolute atomic E-state index is 0.0114. The van der Waals surface area contributed by atoms with Gasteiger partial charge in [-0.05, 0) is 64.3 Å². The van der Waals surface area contributed by atoms with E-state index in [0.29, 0.717) is 23.1 Å². The Kier molecular flexibility index (Phi) is 9.33. The maximum atomic E-state index is 12.8. The van der Waals surface area contributed by atoms with Crippen LogP contribution < -0.4 is 15.8 Å². The van der Waals surface area contributed by atoms with Crippen molar-refractivity contribution in [1.82, 2.24) is 14.8 Å². The van der Waals surface area contributed by atoms with E-state index in [4.69, 9.17) is 15.2 Å². The first-order chi connectivity index (χ1) is 17.5. The molecule has 0 aliphatic rings. The number of primary amides is 1. The van der Waals surface area contributed by atoms with E-state index in [2.05, 4.69) is 15.5 Å². The van der Waals surface area contributed by atoms with Gasteiger partial charge < -0.3 is 25.1 Å². The molecule has 0 aliphatic carbocycles. The number of nitrogens with zero attached hydrogens (tertiary/aromatic N) is 3. The fourth-order valence-corrected chi connectivity index (χ4v) is 5.41. The average Bonchev–Trinajstić information content (AvgIpc) is 3.38. The van der Waals surface area contributed by atoms with Gasteiger partial charge in [-0.1, -0.05) is 23.9 Å². The molecule has 0 spiro atoms. The number of esters is 1. The minimum Gasteiger partial charge on any atom is -0.485 e. The summed E-state index contributed by atoms with van der Waals surface area (Å²) in [5.74, 6) is -0.240. The second-order valence-electron chi connectivity index (χ2n) is 8.55. The molecule has 3 N–H and O–H groups in total. The molecule has 0 atom stereocenters. The van der Waals surface area contributed by atoms with Gasteiger partial charge in [-0.25, -0.2) is 4.79 Å². The molecule has 2 amide bonds. The molecule has 0 bridgehead atoms. The van der Waals surface area contributed by atoms with E-state index in [1.54, 1.807) is 20.8 Å². The van der Waals surface area contributed by atoms with E-state index in [9.17, 15) is 14.4 Å². The zero-order chi connectivity index (χ0) is 27.3. The van der Waals surface area contributed by atoms with Gasteiger partial charge in [-0.15, -0.1) is 21.5 Å². The lowest BCUT2D eigenvalue weighted by atomic mass is 10.1. The van der Waals surface area contributed by atoms with Crippen LogP contribution in [0.25, 0.3) is 0 Å². The van der Waals surface area contributed by atoms with Crippen LogP contribution in [0.1, 0.15) is 63.3 Å². The Morgan fingerprint density at radius 2 is 1.89 bits per heavy atom. The van der Waals surface area contributed by atoms with Gasteiger partial charge in [0, 0.05) is 6.54 Å². The number of hydrogen-bond donors (Lipinski definition) is 2. The Morgan fingerprint density at radius 1 is 1.16 bits per heavy atom. The number of carbonyl (C=O) groups excluding carboxylic acids is 3. The number of nitrogens with two attached hydrogens (primary N) is 1. The molecule has 0 fully saturated rings. The van der Waals surface area contributed by atoms with Gasteiger partial charge in [0.15, 0.2) is 11.0 Å². The Morgan fingerprint density at radius 3 is 2.54 bits per heavy atom. The van der Waals surface area contributed by atoms with Crippen molar-refractivity contribution in [3.05, 3.63) is 51.2 Å². The number of rotatable bonds is 11. The van der Waals surface area contributed by atoms with Crippen LogP contribution in [0, 0.1) is 20.8 Å². The summed E-state index contributed by atoms with van der Waals surface area (Å²) in [6, 6.07) is 5.88. The highest BCUT2D eigenvalue weighted by Crippen LogP contribution is 2.34. The maximum absolute atomic E-state index is 12.8. The Balaban J connectivity index is 1.70. The second-order valence-corrected chi connectivity index (χ2v) is 10.5. The van der Waals surface area contributed by atoms with E-state index in [1.807, 2.05) is 43.5 Å². The van der Waals surface area contributed by atoms with Crippen molar-refractivity contribution >= 4 is 45.9 Å². The first-order valence-electron chi connectivity index (χ1n) is 11.7. The summed E-state index contributed by atoms with van der Waals surface area (Å²) in [6.45, 7) is 11.9. The molecule has 37 heavy (non-hydrogen) atoms. The van der Waals surface area contributed by atoms with E-state index < -0.39 is 11.9 Å². The molecule has 0 unspecified atom stereocenters. The highest BCUT2D eigenvalue weighted by atomic mass is 32.2. The number of anilines is 1. The first-order valence-corrected chi connectivity index (χ1v) is 13.5. The van der Waals surface area contributed by atoms with Crippen molar-refractivity contribution < 1.29 is 23.9 Å². The van der Waals surface area contributed by atoms with Crippen LogP contribution in [-0.4, -0.2) is 44.4 Å². The third-order valence-corrected chi connectivity index (χ3v) is 7.71. The van der Waals surface area contributed by atoms with Crippen molar-refractivity contribution in [3.8, 4) is 5.75 Å². The van der Waals surface area contributed by atoms with Gasteiger partial charge in [0.25, 0.3) is 5.91 Å². The van der Waals surface area contributed by atoms with E-state index in [1.165, 1.54) is 11.8 Å². The summed E-state index contributed by atoms with van der Waals surface area (Å²) in [5.41, 5.74) is 8.17. The number of hydrogen-bond acceptors (Lipinski definition) is 9. The summed E-state index contributed by atoms with van der Waals surface area (Å²) in [4.78, 5) is 37.4. The van der Waals surface area contributed by atoms with Crippen LogP contribution in [0.15, 0.2) is 23.4 Å². The predicted molar refractivity (Wildman–Crippen MR) is 143 cm³/mol. The molecular formula is C25H31N5O5S2. The number of aromatic nitrogens is 3. The van der Waals surface area contributed by atoms with Crippen molar-refractivity contribution in [2.45, 2.75) is 66.0 Å². The molecule has 1 aromatic carbocycles. The zero-order valence-corrected chi connectivity index (χ0v) is 23.3. The summed E-state index contributed by atoms with van der Waals surface area (Å²) < 4.78 is 13.1. The average molecular weight is 546 g/mol. The van der Waals surface area contributed by atoms with Crippen LogP contribution in [0.3, 0.4) is 0 Å². The third kappa shape index (κ3) is 6.69. The summed E-state index contributed by atoms with van der Waals surface area (Å²) in [6.07, 6.45) is -0.364. The third-order valence-electron chi connectivity index (χ3n) is 5.52. The lowest BCUT2D eigenvalue weighted by molar-refractivity contribution is -0.113. The fourth-order valence-electron chi connectivity index (χ4n) is 3.52. The largest absolute Gasteiger partial charge is 0.485 e. The Hall–Kier alpha value is -3.38. The quantitative estimate of drug-likeness (QED) is 0.269. The number of ether oxygens (including phenoxy) is 2. The van der Waals surface area contributed by atoms with Crippen molar-refractivity contribution in [2.75, 3.05) is 11.1 Å². The van der Waals surface area contributed by atoms with Gasteiger partial charge in [-0.2, -0.15) is 0 Å². The summed E-state index contributed by atoms with van der Waals surface area (Å²) in [7, 11) is 0. The van der Waals surface area contributed by atoms with Crippen LogP contribution >= 0.6 is 23.1 Å². The fraction of sp³-hybridized carbons (Fsp3) is 0.400. The molecule has 0 aliphatic heterocycles. The number of benzene rings is 1. The number of carbonyl (C=O) groups is 3. The minimum atomic E-state index is -0.678. The first kappa shape index (κ1) is 28.2. The highest BCUT2D eigenvalue weighted by molar-refractivity contribution is 7.99. The van der Waals surface area contributed by atoms with Crippen LogP contribution in [0.4, 0.5) is 5.00 Å². The van der Waals surface area contributed by atoms with Crippen LogP contribution in [0.2, 0.25) is 0 Å². The number of thioether (sulfide) groups is 1. The number of nitrogens with one attached hydrogen (secondary N) is 1. The molecule has 0 saturated carbocycles. The lowest BCUT2D eigenvalue weighted by Gasteiger charge is -2.12.